The zero-order valence-corrected chi connectivity index (χ0v) is 10.2. The van der Waals surface area contributed by atoms with E-state index in [1.165, 1.54) is 64.6 Å². The number of nitrogens with zero attached hydrogens (tertiary/aromatic N) is 1. The molecule has 2 rings (SSSR count). The predicted octanol–water partition coefficient (Wildman–Crippen LogP) is 2.39. The van der Waals surface area contributed by atoms with E-state index in [9.17, 15) is 0 Å². The summed E-state index contributed by atoms with van der Waals surface area (Å²) in [7, 11) is 0. The van der Waals surface area contributed by atoms with E-state index in [0.29, 0.717) is 0 Å². The van der Waals surface area contributed by atoms with E-state index in [1.807, 2.05) is 0 Å². The van der Waals surface area contributed by atoms with E-state index in [0.717, 1.165) is 12.1 Å². The molecule has 1 heterocycles. The minimum Gasteiger partial charge on any atom is -0.313 e. The van der Waals surface area contributed by atoms with Gasteiger partial charge in [-0.05, 0) is 32.2 Å². The molecule has 0 bridgehead atoms. The highest BCUT2D eigenvalue weighted by molar-refractivity contribution is 4.91. The van der Waals surface area contributed by atoms with Gasteiger partial charge in [0.05, 0.1) is 0 Å². The van der Waals surface area contributed by atoms with Crippen LogP contribution >= 0.6 is 0 Å². The molecule has 0 aromatic rings. The number of unbranched alkanes of at least 4 members (excludes halogenated alkanes) is 3. The number of hydrogen-bond acceptors (Lipinski definition) is 2. The molecular weight excluding hydrogens is 184 g/mol. The Hall–Kier alpha value is -0.0800. The van der Waals surface area contributed by atoms with Crippen molar-refractivity contribution in [3.63, 3.8) is 0 Å². The summed E-state index contributed by atoms with van der Waals surface area (Å²) < 4.78 is 0. The minimum atomic E-state index is 0.798. The molecule has 2 nitrogen and oxygen atoms in total. The Kier molecular flexibility index (Phi) is 4.45. The van der Waals surface area contributed by atoms with Crippen molar-refractivity contribution in [1.82, 2.24) is 10.2 Å². The second-order valence-electron chi connectivity index (χ2n) is 5.23. The van der Waals surface area contributed by atoms with Crippen LogP contribution in [0.25, 0.3) is 0 Å². The van der Waals surface area contributed by atoms with Crippen LogP contribution in [-0.2, 0) is 0 Å². The van der Waals surface area contributed by atoms with Crippen LogP contribution in [0.2, 0.25) is 0 Å². The van der Waals surface area contributed by atoms with Gasteiger partial charge in [0.2, 0.25) is 0 Å². The Morgan fingerprint density at radius 1 is 1.13 bits per heavy atom. The summed E-state index contributed by atoms with van der Waals surface area (Å²) in [6.45, 7) is 6.18. The van der Waals surface area contributed by atoms with Gasteiger partial charge in [-0.15, -0.1) is 0 Å². The highest BCUT2D eigenvalue weighted by Crippen LogP contribution is 2.29. The molecule has 2 fully saturated rings. The fraction of sp³-hybridized carbons (Fsp3) is 1.00. The van der Waals surface area contributed by atoms with Crippen molar-refractivity contribution in [3.8, 4) is 0 Å². The van der Waals surface area contributed by atoms with Gasteiger partial charge in [0.15, 0.2) is 0 Å². The molecule has 1 saturated carbocycles. The fourth-order valence-electron chi connectivity index (χ4n) is 2.58. The van der Waals surface area contributed by atoms with Crippen molar-refractivity contribution in [2.45, 2.75) is 64.0 Å². The van der Waals surface area contributed by atoms with Gasteiger partial charge in [-0.25, -0.2) is 0 Å². The van der Waals surface area contributed by atoms with Gasteiger partial charge in [0.1, 0.15) is 0 Å². The van der Waals surface area contributed by atoms with Crippen LogP contribution in [0.3, 0.4) is 0 Å². The molecule has 0 aromatic heterocycles. The SMILES string of the molecule is CCCCCCNC1CCN(C2CC2)C1. The Bertz CT molecular complexity index is 177. The van der Waals surface area contributed by atoms with Gasteiger partial charge in [0.25, 0.3) is 0 Å². The minimum absolute atomic E-state index is 0.798. The number of nitrogens with one attached hydrogen (secondary N) is 1. The van der Waals surface area contributed by atoms with Crippen LogP contribution in [0.1, 0.15) is 51.9 Å². The first-order chi connectivity index (χ1) is 7.40. The Morgan fingerprint density at radius 2 is 2.00 bits per heavy atom. The van der Waals surface area contributed by atoms with E-state index in [1.54, 1.807) is 0 Å². The molecule has 2 heteroatoms. The summed E-state index contributed by atoms with van der Waals surface area (Å²) in [6, 6.07) is 1.77. The smallest absolute Gasteiger partial charge is 0.0207 e. The standard InChI is InChI=1S/C13H26N2/c1-2-3-4-5-9-14-12-8-10-15(11-12)13-6-7-13/h12-14H,2-11H2,1H3. The average molecular weight is 210 g/mol. The average Bonchev–Trinajstić information content (AvgIpc) is 2.99. The van der Waals surface area contributed by atoms with Crippen molar-refractivity contribution in [1.29, 1.82) is 0 Å². The highest BCUT2D eigenvalue weighted by atomic mass is 15.2. The lowest BCUT2D eigenvalue weighted by Crippen LogP contribution is -2.33. The van der Waals surface area contributed by atoms with E-state index < -0.39 is 0 Å². The van der Waals surface area contributed by atoms with Crippen LogP contribution in [0.15, 0.2) is 0 Å². The van der Waals surface area contributed by atoms with Gasteiger partial charge < -0.3 is 5.32 Å². The Morgan fingerprint density at radius 3 is 2.73 bits per heavy atom. The summed E-state index contributed by atoms with van der Waals surface area (Å²) in [4.78, 5) is 2.68. The van der Waals surface area contributed by atoms with Gasteiger partial charge in [0, 0.05) is 25.2 Å². The third-order valence-electron chi connectivity index (χ3n) is 3.75. The predicted molar refractivity (Wildman–Crippen MR) is 65.1 cm³/mol. The van der Waals surface area contributed by atoms with Crippen molar-refractivity contribution in [3.05, 3.63) is 0 Å². The highest BCUT2D eigenvalue weighted by Gasteiger charge is 2.33. The molecular formula is C13H26N2. The molecule has 1 N–H and O–H groups in total. The second-order valence-corrected chi connectivity index (χ2v) is 5.23. The molecule has 1 aliphatic carbocycles. The van der Waals surface area contributed by atoms with Gasteiger partial charge in [-0.3, -0.25) is 4.90 Å². The van der Waals surface area contributed by atoms with Crippen molar-refractivity contribution >= 4 is 0 Å². The molecule has 15 heavy (non-hydrogen) atoms. The molecule has 0 spiro atoms. The van der Waals surface area contributed by atoms with Crippen molar-refractivity contribution in [2.24, 2.45) is 0 Å². The first-order valence-electron chi connectivity index (χ1n) is 6.87. The van der Waals surface area contributed by atoms with Gasteiger partial charge in [-0.2, -0.15) is 0 Å². The summed E-state index contributed by atoms with van der Waals surface area (Å²) in [5, 5.41) is 3.71. The topological polar surface area (TPSA) is 15.3 Å². The quantitative estimate of drug-likeness (QED) is 0.649. The first kappa shape index (κ1) is 11.4. The lowest BCUT2D eigenvalue weighted by molar-refractivity contribution is 0.317. The van der Waals surface area contributed by atoms with E-state index in [2.05, 4.69) is 17.1 Å². The summed E-state index contributed by atoms with van der Waals surface area (Å²) in [5.74, 6) is 0. The molecule has 0 aromatic carbocycles. The monoisotopic (exact) mass is 210 g/mol. The van der Waals surface area contributed by atoms with Crippen LogP contribution in [-0.4, -0.2) is 36.6 Å². The fourth-order valence-corrected chi connectivity index (χ4v) is 2.58. The van der Waals surface area contributed by atoms with Crippen LogP contribution in [0, 0.1) is 0 Å². The van der Waals surface area contributed by atoms with E-state index in [4.69, 9.17) is 0 Å². The lowest BCUT2D eigenvalue weighted by atomic mass is 10.2. The molecule has 1 aliphatic heterocycles. The molecule has 1 saturated heterocycles. The zero-order valence-electron chi connectivity index (χ0n) is 10.2. The maximum Gasteiger partial charge on any atom is 0.0207 e. The largest absolute Gasteiger partial charge is 0.313 e. The second kappa shape index (κ2) is 5.86. The number of rotatable bonds is 7. The van der Waals surface area contributed by atoms with Crippen LogP contribution in [0.4, 0.5) is 0 Å². The summed E-state index contributed by atoms with van der Waals surface area (Å²) in [6.07, 6.45) is 9.83. The molecule has 0 amide bonds. The first-order valence-corrected chi connectivity index (χ1v) is 6.87. The van der Waals surface area contributed by atoms with Crippen molar-refractivity contribution in [2.75, 3.05) is 19.6 Å². The molecule has 1 atom stereocenters. The molecule has 88 valence electrons. The molecule has 0 radical (unpaired) electrons. The number of likely N-dealkylation sites (tertiary alicyclic amines) is 1. The normalized spacial score (nSPS) is 27.4. The molecule has 2 aliphatic rings. The maximum atomic E-state index is 3.71. The Labute approximate surface area is 94.4 Å². The lowest BCUT2D eigenvalue weighted by Gasteiger charge is -2.15. The Balaban J connectivity index is 1.49. The van der Waals surface area contributed by atoms with Gasteiger partial charge in [-0.1, -0.05) is 26.2 Å². The van der Waals surface area contributed by atoms with Crippen LogP contribution < -0.4 is 5.32 Å². The van der Waals surface area contributed by atoms with E-state index in [-0.39, 0.29) is 0 Å². The summed E-state index contributed by atoms with van der Waals surface area (Å²) in [5.41, 5.74) is 0. The van der Waals surface area contributed by atoms with Crippen molar-refractivity contribution < 1.29 is 0 Å². The van der Waals surface area contributed by atoms with Gasteiger partial charge >= 0.3 is 0 Å². The third-order valence-corrected chi connectivity index (χ3v) is 3.75. The summed E-state index contributed by atoms with van der Waals surface area (Å²) >= 11 is 0. The zero-order chi connectivity index (χ0) is 10.5. The van der Waals surface area contributed by atoms with Crippen LogP contribution in [0.5, 0.6) is 0 Å². The number of hydrogen-bond donors (Lipinski definition) is 1. The van der Waals surface area contributed by atoms with E-state index >= 15 is 0 Å². The maximum absolute atomic E-state index is 3.71. The third kappa shape index (κ3) is 3.76. The molecule has 1 unspecified atom stereocenters.